The fourth-order valence-electron chi connectivity index (χ4n) is 8.81. The van der Waals surface area contributed by atoms with Gasteiger partial charge in [0.15, 0.2) is 6.10 Å². The summed E-state index contributed by atoms with van der Waals surface area (Å²) in [6.07, 6.45) is 69.2. The van der Waals surface area contributed by atoms with E-state index >= 15 is 0 Å². The van der Waals surface area contributed by atoms with Gasteiger partial charge in [0.05, 0.1) is 34.4 Å². The maximum absolute atomic E-state index is 12.8. The lowest BCUT2D eigenvalue weighted by molar-refractivity contribution is -0.870. The van der Waals surface area contributed by atoms with Crippen LogP contribution in [0.1, 0.15) is 277 Å². The van der Waals surface area contributed by atoms with E-state index in [0.717, 1.165) is 70.6 Å². The van der Waals surface area contributed by atoms with Crippen molar-refractivity contribution >= 4 is 17.9 Å². The van der Waals surface area contributed by atoms with Crippen molar-refractivity contribution in [3.05, 3.63) is 60.8 Å². The van der Waals surface area contributed by atoms with Crippen molar-refractivity contribution < 1.29 is 42.9 Å². The largest absolute Gasteiger partial charge is 0.477 e. The Morgan fingerprint density at radius 3 is 1.15 bits per heavy atom. The van der Waals surface area contributed by atoms with Gasteiger partial charge in [0.25, 0.3) is 6.29 Å². The van der Waals surface area contributed by atoms with Gasteiger partial charge in [-0.2, -0.15) is 0 Å². The molecule has 0 fully saturated rings. The first kappa shape index (κ1) is 71.0. The van der Waals surface area contributed by atoms with E-state index in [1.54, 1.807) is 0 Å². The van der Waals surface area contributed by atoms with Crippen molar-refractivity contribution in [2.45, 2.75) is 289 Å². The van der Waals surface area contributed by atoms with Crippen LogP contribution in [0.2, 0.25) is 0 Å². The van der Waals surface area contributed by atoms with Gasteiger partial charge in [-0.25, -0.2) is 4.79 Å². The highest BCUT2D eigenvalue weighted by atomic mass is 16.7. The normalized spacial score (nSPS) is 13.1. The van der Waals surface area contributed by atoms with Crippen LogP contribution in [-0.4, -0.2) is 87.4 Å². The molecule has 74 heavy (non-hydrogen) atoms. The van der Waals surface area contributed by atoms with Crippen LogP contribution in [0.15, 0.2) is 60.8 Å². The highest BCUT2D eigenvalue weighted by Crippen LogP contribution is 2.17. The number of carbonyl (C=O) groups excluding carboxylic acids is 2. The lowest BCUT2D eigenvalue weighted by Crippen LogP contribution is -2.40. The fraction of sp³-hybridized carbons (Fsp3) is 0.800. The Balaban J connectivity index is 3.91. The van der Waals surface area contributed by atoms with E-state index in [1.807, 2.05) is 21.1 Å². The number of hydrogen-bond acceptors (Lipinski definition) is 7. The Labute approximate surface area is 456 Å². The molecular formula is C65H118NO8+. The smallest absolute Gasteiger partial charge is 0.361 e. The van der Waals surface area contributed by atoms with Gasteiger partial charge in [0, 0.05) is 12.8 Å². The molecule has 0 spiro atoms. The van der Waals surface area contributed by atoms with Crippen molar-refractivity contribution in [2.75, 3.05) is 47.5 Å². The number of allylic oxidation sites excluding steroid dienone is 10. The molecule has 0 aromatic rings. The third-order valence-corrected chi connectivity index (χ3v) is 13.5. The fourth-order valence-corrected chi connectivity index (χ4v) is 8.81. The van der Waals surface area contributed by atoms with Crippen LogP contribution in [0.4, 0.5) is 0 Å². The molecule has 0 heterocycles. The summed E-state index contributed by atoms with van der Waals surface area (Å²) in [7, 11) is 5.97. The molecular weight excluding hydrogens is 923 g/mol. The monoisotopic (exact) mass is 1040 g/mol. The average molecular weight is 1040 g/mol. The summed E-state index contributed by atoms with van der Waals surface area (Å²) in [5, 5.41) is 9.68. The van der Waals surface area contributed by atoms with Gasteiger partial charge in [-0.15, -0.1) is 0 Å². The van der Waals surface area contributed by atoms with E-state index < -0.39 is 24.3 Å². The summed E-state index contributed by atoms with van der Waals surface area (Å²) in [5.41, 5.74) is 0. The Kier molecular flexibility index (Phi) is 53.9. The number of carboxylic acid groups (broad SMARTS) is 1. The van der Waals surface area contributed by atoms with E-state index in [-0.39, 0.29) is 32.2 Å². The second-order valence-electron chi connectivity index (χ2n) is 22.0. The minimum absolute atomic E-state index is 0.177. The molecule has 0 rings (SSSR count). The summed E-state index contributed by atoms with van der Waals surface area (Å²) >= 11 is 0. The number of aliphatic carboxylic acids is 1. The Hall–Kier alpha value is -3.01. The quantitative estimate of drug-likeness (QED) is 0.0211. The molecule has 0 aliphatic heterocycles. The summed E-state index contributed by atoms with van der Waals surface area (Å²) in [6, 6.07) is 0. The van der Waals surface area contributed by atoms with E-state index in [2.05, 4.69) is 74.6 Å². The van der Waals surface area contributed by atoms with Crippen LogP contribution < -0.4 is 0 Å². The number of ether oxygens (including phenoxy) is 4. The molecule has 0 aliphatic rings. The minimum atomic E-state index is -1.51. The predicted molar refractivity (Wildman–Crippen MR) is 313 cm³/mol. The van der Waals surface area contributed by atoms with Crippen molar-refractivity contribution in [1.29, 1.82) is 0 Å². The van der Waals surface area contributed by atoms with Crippen LogP contribution in [-0.2, 0) is 33.3 Å². The van der Waals surface area contributed by atoms with Gasteiger partial charge in [-0.1, -0.05) is 267 Å². The molecule has 0 radical (unpaired) electrons. The molecule has 0 amide bonds. The van der Waals surface area contributed by atoms with Gasteiger partial charge in [0.1, 0.15) is 13.2 Å². The minimum Gasteiger partial charge on any atom is -0.477 e. The zero-order valence-corrected chi connectivity index (χ0v) is 49.0. The number of esters is 2. The Bertz CT molecular complexity index is 1400. The van der Waals surface area contributed by atoms with E-state index in [1.165, 1.54) is 180 Å². The number of carboxylic acids is 1. The highest BCUT2D eigenvalue weighted by Gasteiger charge is 2.25. The first-order valence-electron chi connectivity index (χ1n) is 31.0. The third-order valence-electron chi connectivity index (χ3n) is 13.5. The van der Waals surface area contributed by atoms with Gasteiger partial charge in [-0.05, 0) is 57.8 Å². The summed E-state index contributed by atoms with van der Waals surface area (Å²) in [5.74, 6) is -1.99. The molecule has 430 valence electrons. The van der Waals surface area contributed by atoms with Gasteiger partial charge in [-0.3, -0.25) is 9.59 Å². The molecule has 1 N–H and O–H groups in total. The molecule has 2 unspecified atom stereocenters. The van der Waals surface area contributed by atoms with Crippen molar-refractivity contribution in [3.63, 3.8) is 0 Å². The maximum atomic E-state index is 12.8. The second kappa shape index (κ2) is 56.2. The number of unbranched alkanes of at least 4 members (excludes halogenated alkanes) is 32. The van der Waals surface area contributed by atoms with E-state index in [0.29, 0.717) is 17.4 Å². The van der Waals surface area contributed by atoms with Crippen LogP contribution in [0.25, 0.3) is 0 Å². The molecule has 0 bridgehead atoms. The standard InChI is InChI=1S/C65H117NO8/c1-6-8-10-12-14-16-18-19-20-21-22-23-24-25-26-27-28-29-30-31-32-33-34-35-36-37-38-39-40-41-42-43-44-45-46-48-50-52-54-56-63(68)74-61(60-73-65(64(69)70)71-58-57-66(3,4)5)59-72-62(67)55-53-51-49-47-17-15-13-11-9-7-2/h8,10,14,16,19-20,22-23,25-26,61,65H,6-7,9,11-13,15,17-18,21,24,27-60H2,1-5H3/p+1/b10-8-,16-14-,20-19-,23-22-,26-25-. The molecule has 9 heteroatoms. The first-order chi connectivity index (χ1) is 36.1. The molecule has 9 nitrogen and oxygen atoms in total. The molecule has 0 aromatic carbocycles. The van der Waals surface area contributed by atoms with Crippen LogP contribution >= 0.6 is 0 Å². The van der Waals surface area contributed by atoms with Crippen LogP contribution in [0.3, 0.4) is 0 Å². The lowest BCUT2D eigenvalue weighted by Gasteiger charge is -2.25. The maximum Gasteiger partial charge on any atom is 0.361 e. The number of quaternary nitrogens is 1. The molecule has 0 saturated carbocycles. The topological polar surface area (TPSA) is 108 Å². The molecule has 0 saturated heterocycles. The van der Waals surface area contributed by atoms with Crippen molar-refractivity contribution in [3.8, 4) is 0 Å². The van der Waals surface area contributed by atoms with Crippen molar-refractivity contribution in [1.82, 2.24) is 0 Å². The number of carbonyl (C=O) groups is 3. The second-order valence-corrected chi connectivity index (χ2v) is 22.0. The number of nitrogens with zero attached hydrogens (tertiary/aromatic N) is 1. The molecule has 0 aromatic heterocycles. The van der Waals surface area contributed by atoms with Gasteiger partial charge in [0.2, 0.25) is 0 Å². The number of rotatable bonds is 57. The van der Waals surface area contributed by atoms with Crippen LogP contribution in [0, 0.1) is 0 Å². The predicted octanol–water partition coefficient (Wildman–Crippen LogP) is 18.4. The van der Waals surface area contributed by atoms with Gasteiger partial charge < -0.3 is 28.5 Å². The van der Waals surface area contributed by atoms with Gasteiger partial charge >= 0.3 is 17.9 Å². The first-order valence-corrected chi connectivity index (χ1v) is 31.0. The SMILES string of the molecule is CC/C=C\C/C=C\C/C=C\C/C=C\C/C=C\CCCCCCCCCCCCCCCCCCCCCCCCCC(=O)OC(COC(=O)CCCCCCCCCCCC)COC(OCC[N+](C)(C)C)C(=O)O. The Morgan fingerprint density at radius 1 is 0.419 bits per heavy atom. The lowest BCUT2D eigenvalue weighted by atomic mass is 10.0. The number of hydrogen-bond donors (Lipinski definition) is 1. The van der Waals surface area contributed by atoms with Crippen LogP contribution in [0.5, 0.6) is 0 Å². The summed E-state index contributed by atoms with van der Waals surface area (Å²) < 4.78 is 22.8. The molecule has 2 atom stereocenters. The van der Waals surface area contributed by atoms with E-state index in [9.17, 15) is 19.5 Å². The zero-order valence-electron chi connectivity index (χ0n) is 49.0. The summed E-state index contributed by atoms with van der Waals surface area (Å²) in [6.45, 7) is 4.77. The Morgan fingerprint density at radius 2 is 0.770 bits per heavy atom. The average Bonchev–Trinajstić information content (AvgIpc) is 3.37. The zero-order chi connectivity index (χ0) is 54.1. The van der Waals surface area contributed by atoms with E-state index in [4.69, 9.17) is 18.9 Å². The molecule has 0 aliphatic carbocycles. The van der Waals surface area contributed by atoms with Crippen molar-refractivity contribution in [2.24, 2.45) is 0 Å². The number of likely N-dealkylation sites (N-methyl/N-ethyl adjacent to an activating group) is 1. The third kappa shape index (κ3) is 56.7. The highest BCUT2D eigenvalue weighted by molar-refractivity contribution is 5.71. The summed E-state index contributed by atoms with van der Waals surface area (Å²) in [4.78, 5) is 37.3.